The maximum Gasteiger partial charge on any atom is 0.183 e. The van der Waals surface area contributed by atoms with E-state index in [1.165, 1.54) is 0 Å². The summed E-state index contributed by atoms with van der Waals surface area (Å²) < 4.78 is 0. The summed E-state index contributed by atoms with van der Waals surface area (Å²) in [6.07, 6.45) is 3.41. The minimum Gasteiger partial charge on any atom is -0.196 e. The van der Waals surface area contributed by atoms with Crippen molar-refractivity contribution in [3.63, 3.8) is 0 Å². The van der Waals surface area contributed by atoms with E-state index in [0.29, 0.717) is 6.42 Å². The van der Waals surface area contributed by atoms with Crippen LogP contribution in [0.5, 0.6) is 0 Å². The molecule has 1 fully saturated rings. The van der Waals surface area contributed by atoms with Crippen molar-refractivity contribution < 1.29 is 0 Å². The van der Waals surface area contributed by atoms with Crippen LogP contribution < -0.4 is 0 Å². The third-order valence-electron chi connectivity index (χ3n) is 4.11. The third kappa shape index (κ3) is 1.19. The minimum atomic E-state index is -1.46. The van der Waals surface area contributed by atoms with Crippen molar-refractivity contribution in [2.24, 2.45) is 16.2 Å². The second-order valence-electron chi connectivity index (χ2n) is 4.74. The molecule has 1 aliphatic carbocycles. The van der Waals surface area contributed by atoms with Crippen LogP contribution in [-0.2, 0) is 0 Å². The molecule has 0 aromatic rings. The van der Waals surface area contributed by atoms with Gasteiger partial charge in [0.2, 0.25) is 0 Å². The maximum atomic E-state index is 9.17. The monoisotopic (exact) mass is 226 g/mol. The fraction of sp³-hybridized carbons (Fsp3) is 0.692. The van der Waals surface area contributed by atoms with Crippen molar-refractivity contribution in [3.05, 3.63) is 0 Å². The summed E-state index contributed by atoms with van der Waals surface area (Å²) in [6.45, 7) is 3.76. The van der Waals surface area contributed by atoms with Gasteiger partial charge in [-0.05, 0) is 6.42 Å². The summed E-state index contributed by atoms with van der Waals surface area (Å²) in [5.41, 5.74) is -3.74. The van der Waals surface area contributed by atoms with E-state index < -0.39 is 16.2 Å². The summed E-state index contributed by atoms with van der Waals surface area (Å²) in [5.74, 6) is 0. The molecule has 0 aliphatic heterocycles. The Hall–Kier alpha value is -2.04. The Balaban J connectivity index is 3.11. The second kappa shape index (κ2) is 4.08. The van der Waals surface area contributed by atoms with Gasteiger partial charge in [-0.2, -0.15) is 21.0 Å². The highest BCUT2D eigenvalue weighted by Gasteiger charge is 2.88. The highest BCUT2D eigenvalue weighted by atomic mass is 14.8. The van der Waals surface area contributed by atoms with E-state index >= 15 is 0 Å². The average Bonchev–Trinajstić information content (AvgIpc) is 2.83. The molecule has 4 nitrogen and oxygen atoms in total. The van der Waals surface area contributed by atoms with Gasteiger partial charge >= 0.3 is 0 Å². The van der Waals surface area contributed by atoms with Gasteiger partial charge in [-0.1, -0.05) is 33.1 Å². The van der Waals surface area contributed by atoms with Crippen molar-refractivity contribution in [3.8, 4) is 24.3 Å². The first-order valence-electron chi connectivity index (χ1n) is 5.71. The van der Waals surface area contributed by atoms with Crippen molar-refractivity contribution in [1.82, 2.24) is 0 Å². The fourth-order valence-corrected chi connectivity index (χ4v) is 2.77. The highest BCUT2D eigenvalue weighted by molar-refractivity contribution is 5.55. The zero-order valence-electron chi connectivity index (χ0n) is 10.1. The van der Waals surface area contributed by atoms with Crippen molar-refractivity contribution in [1.29, 1.82) is 21.0 Å². The number of unbranched alkanes of at least 4 members (excludes halogenated alkanes) is 2. The largest absolute Gasteiger partial charge is 0.196 e. The Kier molecular flexibility index (Phi) is 3.13. The molecule has 0 atom stereocenters. The van der Waals surface area contributed by atoms with Crippen LogP contribution in [0.25, 0.3) is 0 Å². The highest BCUT2D eigenvalue weighted by Crippen LogP contribution is 2.79. The van der Waals surface area contributed by atoms with Gasteiger partial charge in [0.05, 0.1) is 24.3 Å². The van der Waals surface area contributed by atoms with E-state index in [2.05, 4.69) is 6.92 Å². The van der Waals surface area contributed by atoms with E-state index in [0.717, 1.165) is 19.3 Å². The Morgan fingerprint density at radius 3 is 1.53 bits per heavy atom. The van der Waals surface area contributed by atoms with Crippen molar-refractivity contribution >= 4 is 0 Å². The van der Waals surface area contributed by atoms with Crippen LogP contribution >= 0.6 is 0 Å². The fourth-order valence-electron chi connectivity index (χ4n) is 2.77. The van der Waals surface area contributed by atoms with Crippen LogP contribution in [0.15, 0.2) is 0 Å². The molecule has 0 radical (unpaired) electrons. The van der Waals surface area contributed by atoms with Gasteiger partial charge in [0.15, 0.2) is 10.8 Å². The van der Waals surface area contributed by atoms with Gasteiger partial charge in [0.25, 0.3) is 0 Å². The van der Waals surface area contributed by atoms with Crippen molar-refractivity contribution in [2.45, 2.75) is 39.5 Å². The number of rotatable bonds is 4. The van der Waals surface area contributed by atoms with Crippen LogP contribution in [0, 0.1) is 61.6 Å². The molecule has 1 rings (SSSR count). The smallest absolute Gasteiger partial charge is 0.183 e. The molecule has 17 heavy (non-hydrogen) atoms. The van der Waals surface area contributed by atoms with Gasteiger partial charge in [-0.25, -0.2) is 0 Å². The van der Waals surface area contributed by atoms with Crippen LogP contribution in [0.4, 0.5) is 0 Å². The van der Waals surface area contributed by atoms with Crippen molar-refractivity contribution in [2.75, 3.05) is 0 Å². The summed E-state index contributed by atoms with van der Waals surface area (Å²) in [4.78, 5) is 0. The van der Waals surface area contributed by atoms with E-state index in [1.54, 1.807) is 6.92 Å². The Bertz CT molecular complexity index is 412. The van der Waals surface area contributed by atoms with E-state index in [-0.39, 0.29) is 0 Å². The lowest BCUT2D eigenvalue weighted by Gasteiger charge is -2.10. The van der Waals surface area contributed by atoms with E-state index in [1.807, 2.05) is 24.3 Å². The number of hydrogen-bond donors (Lipinski definition) is 0. The van der Waals surface area contributed by atoms with Crippen LogP contribution in [0.2, 0.25) is 0 Å². The van der Waals surface area contributed by atoms with Gasteiger partial charge < -0.3 is 0 Å². The molecule has 0 bridgehead atoms. The van der Waals surface area contributed by atoms with Gasteiger partial charge in [0.1, 0.15) is 0 Å². The molecule has 0 aromatic heterocycles. The summed E-state index contributed by atoms with van der Waals surface area (Å²) in [6, 6.07) is 7.63. The summed E-state index contributed by atoms with van der Waals surface area (Å²) >= 11 is 0. The molecule has 0 spiro atoms. The Morgan fingerprint density at radius 1 is 0.824 bits per heavy atom. The molecule has 4 heteroatoms. The Morgan fingerprint density at radius 2 is 1.24 bits per heavy atom. The number of nitrogens with zero attached hydrogens (tertiary/aromatic N) is 4. The molecule has 0 N–H and O–H groups in total. The zero-order valence-corrected chi connectivity index (χ0v) is 10.1. The first kappa shape index (κ1) is 13.0. The summed E-state index contributed by atoms with van der Waals surface area (Å²) in [5, 5.41) is 36.7. The first-order chi connectivity index (χ1) is 8.05. The SMILES string of the molecule is CCCCCC1(C)C(C#N)(C#N)C1(C#N)C#N. The molecule has 1 aliphatic rings. The first-order valence-corrected chi connectivity index (χ1v) is 5.71. The van der Waals surface area contributed by atoms with Crippen LogP contribution in [0.1, 0.15) is 39.5 Å². The Labute approximate surface area is 102 Å². The van der Waals surface area contributed by atoms with E-state index in [9.17, 15) is 21.0 Å². The topological polar surface area (TPSA) is 95.2 Å². The lowest BCUT2D eigenvalue weighted by atomic mass is 9.90. The predicted molar refractivity (Wildman–Crippen MR) is 59.6 cm³/mol. The normalized spacial score (nSPS) is 21.3. The van der Waals surface area contributed by atoms with E-state index in [4.69, 9.17) is 0 Å². The molecular weight excluding hydrogens is 212 g/mol. The molecule has 86 valence electrons. The quantitative estimate of drug-likeness (QED) is 0.688. The molecular formula is C13H14N4. The maximum absolute atomic E-state index is 9.17. The molecule has 0 amide bonds. The molecule has 0 heterocycles. The number of hydrogen-bond acceptors (Lipinski definition) is 4. The zero-order chi connectivity index (χ0) is 13.2. The number of nitriles is 4. The standard InChI is InChI=1S/C13H14N4/c1-3-4-5-6-11(2)12(7-14,8-15)13(11,9-16)10-17/h3-6H2,1-2H3. The average molecular weight is 226 g/mol. The van der Waals surface area contributed by atoms with Crippen LogP contribution in [-0.4, -0.2) is 0 Å². The van der Waals surface area contributed by atoms with Gasteiger partial charge in [-0.15, -0.1) is 0 Å². The van der Waals surface area contributed by atoms with Gasteiger partial charge in [0, 0.05) is 5.41 Å². The predicted octanol–water partition coefficient (Wildman–Crippen LogP) is 2.65. The lowest BCUT2D eigenvalue weighted by Crippen LogP contribution is -2.07. The third-order valence-corrected chi connectivity index (χ3v) is 4.11. The minimum absolute atomic E-state index is 0.573. The molecule has 0 saturated heterocycles. The van der Waals surface area contributed by atoms with Crippen LogP contribution in [0.3, 0.4) is 0 Å². The summed E-state index contributed by atoms with van der Waals surface area (Å²) in [7, 11) is 0. The second-order valence-corrected chi connectivity index (χ2v) is 4.74. The lowest BCUT2D eigenvalue weighted by molar-refractivity contribution is 0.408. The molecule has 0 unspecified atom stereocenters. The molecule has 1 saturated carbocycles. The molecule has 0 aromatic carbocycles. The van der Waals surface area contributed by atoms with Gasteiger partial charge in [-0.3, -0.25) is 0 Å².